The molecule has 0 aromatic heterocycles. The van der Waals surface area contributed by atoms with E-state index in [9.17, 15) is 0 Å². The third kappa shape index (κ3) is 3.34. The zero-order chi connectivity index (χ0) is 17.2. The molecule has 3 rings (SSSR count). The molecule has 0 spiro atoms. The summed E-state index contributed by atoms with van der Waals surface area (Å²) in [6.45, 7) is 6.62. The second-order valence-corrected chi connectivity index (χ2v) is 6.31. The van der Waals surface area contributed by atoms with Gasteiger partial charge >= 0.3 is 0 Å². The molecule has 2 aromatic carbocycles. The van der Waals surface area contributed by atoms with Gasteiger partial charge in [-0.05, 0) is 32.0 Å². The van der Waals surface area contributed by atoms with E-state index in [-0.39, 0.29) is 6.04 Å². The van der Waals surface area contributed by atoms with E-state index in [1.807, 2.05) is 26.0 Å². The number of para-hydroxylation sites is 1. The molecule has 1 aliphatic rings. The van der Waals surface area contributed by atoms with Gasteiger partial charge in [0.15, 0.2) is 11.5 Å². The van der Waals surface area contributed by atoms with Gasteiger partial charge in [0.1, 0.15) is 0 Å². The van der Waals surface area contributed by atoms with Gasteiger partial charge in [0.2, 0.25) is 5.79 Å². The van der Waals surface area contributed by atoms with Crippen LogP contribution < -0.4 is 14.8 Å². The number of aryl methyl sites for hydroxylation is 1. The summed E-state index contributed by atoms with van der Waals surface area (Å²) in [7, 11) is 1.68. The largest absolute Gasteiger partial charge is 0.490 e. The Hall–Kier alpha value is -2.20. The summed E-state index contributed by atoms with van der Waals surface area (Å²) in [6.07, 6.45) is 0.708. The highest BCUT2D eigenvalue weighted by atomic mass is 16.7. The van der Waals surface area contributed by atoms with Gasteiger partial charge in [0.25, 0.3) is 0 Å². The maximum Gasteiger partial charge on any atom is 0.209 e. The lowest BCUT2D eigenvalue weighted by atomic mass is 9.94. The van der Waals surface area contributed by atoms with Crippen LogP contribution in [-0.2, 0) is 4.74 Å². The quantitative estimate of drug-likeness (QED) is 0.864. The van der Waals surface area contributed by atoms with Crippen molar-refractivity contribution in [2.24, 2.45) is 0 Å². The Morgan fingerprint density at radius 3 is 2.62 bits per heavy atom. The molecule has 4 heteroatoms. The standard InChI is InChI=1S/C20H25NO3/c1-5-23-18-8-6-7-16-17(13-20(3,22-4)24-19(16)18)21-15-11-9-14(2)10-12-15/h6-12,17,21H,5,13H2,1-4H3/t17-,20-/m1/s1. The Bertz CT molecular complexity index is 699. The number of anilines is 1. The number of rotatable bonds is 5. The van der Waals surface area contributed by atoms with Crippen LogP contribution >= 0.6 is 0 Å². The lowest BCUT2D eigenvalue weighted by molar-refractivity contribution is -0.164. The predicted octanol–water partition coefficient (Wildman–Crippen LogP) is 4.69. The van der Waals surface area contributed by atoms with Gasteiger partial charge in [-0.2, -0.15) is 0 Å². The smallest absolute Gasteiger partial charge is 0.209 e. The Morgan fingerprint density at radius 1 is 1.21 bits per heavy atom. The lowest BCUT2D eigenvalue weighted by Gasteiger charge is -2.39. The van der Waals surface area contributed by atoms with Crippen molar-refractivity contribution in [1.82, 2.24) is 0 Å². The van der Waals surface area contributed by atoms with Gasteiger partial charge in [-0.15, -0.1) is 0 Å². The summed E-state index contributed by atoms with van der Waals surface area (Å²) in [5.74, 6) is 0.830. The van der Waals surface area contributed by atoms with Gasteiger partial charge in [0.05, 0.1) is 12.6 Å². The minimum absolute atomic E-state index is 0.0850. The minimum Gasteiger partial charge on any atom is -0.490 e. The van der Waals surface area contributed by atoms with Crippen molar-refractivity contribution in [2.75, 3.05) is 19.0 Å². The van der Waals surface area contributed by atoms with E-state index in [1.165, 1.54) is 5.56 Å². The second-order valence-electron chi connectivity index (χ2n) is 6.31. The molecule has 2 atom stereocenters. The van der Waals surface area contributed by atoms with Crippen molar-refractivity contribution in [3.63, 3.8) is 0 Å². The Balaban J connectivity index is 1.97. The molecule has 0 fully saturated rings. The van der Waals surface area contributed by atoms with E-state index in [4.69, 9.17) is 14.2 Å². The fourth-order valence-electron chi connectivity index (χ4n) is 3.03. The zero-order valence-corrected chi connectivity index (χ0v) is 14.8. The van der Waals surface area contributed by atoms with Crippen molar-refractivity contribution < 1.29 is 14.2 Å². The number of fused-ring (bicyclic) bond motifs is 1. The molecular formula is C20H25NO3. The van der Waals surface area contributed by atoms with Crippen molar-refractivity contribution in [3.05, 3.63) is 53.6 Å². The van der Waals surface area contributed by atoms with Crippen LogP contribution in [-0.4, -0.2) is 19.5 Å². The monoisotopic (exact) mass is 327 g/mol. The Kier molecular flexibility index (Phi) is 4.67. The third-order valence-corrected chi connectivity index (χ3v) is 4.40. The molecule has 4 nitrogen and oxygen atoms in total. The topological polar surface area (TPSA) is 39.7 Å². The van der Waals surface area contributed by atoms with E-state index in [0.29, 0.717) is 13.0 Å². The first kappa shape index (κ1) is 16.7. The summed E-state index contributed by atoms with van der Waals surface area (Å²) in [4.78, 5) is 0. The lowest BCUT2D eigenvalue weighted by Crippen LogP contribution is -2.41. The van der Waals surface area contributed by atoms with Gasteiger partial charge in [-0.3, -0.25) is 0 Å². The summed E-state index contributed by atoms with van der Waals surface area (Å²) in [5, 5.41) is 3.61. The first-order valence-electron chi connectivity index (χ1n) is 8.38. The normalized spacial score (nSPS) is 22.4. The van der Waals surface area contributed by atoms with Crippen LogP contribution in [0, 0.1) is 6.92 Å². The molecule has 0 radical (unpaired) electrons. The van der Waals surface area contributed by atoms with Gasteiger partial charge in [-0.1, -0.05) is 29.8 Å². The molecule has 0 amide bonds. The van der Waals surface area contributed by atoms with Crippen LogP contribution in [0.5, 0.6) is 11.5 Å². The maximum absolute atomic E-state index is 6.15. The first-order valence-corrected chi connectivity index (χ1v) is 8.38. The predicted molar refractivity (Wildman–Crippen MR) is 95.8 cm³/mol. The molecule has 0 saturated carbocycles. The molecule has 0 unspecified atom stereocenters. The van der Waals surface area contributed by atoms with Gasteiger partial charge in [-0.25, -0.2) is 0 Å². The van der Waals surface area contributed by atoms with Crippen LogP contribution in [0.4, 0.5) is 5.69 Å². The maximum atomic E-state index is 6.15. The molecule has 0 bridgehead atoms. The Labute approximate surface area is 143 Å². The summed E-state index contributed by atoms with van der Waals surface area (Å²) < 4.78 is 17.5. The van der Waals surface area contributed by atoms with Crippen molar-refractivity contribution >= 4 is 5.69 Å². The van der Waals surface area contributed by atoms with E-state index in [1.54, 1.807) is 7.11 Å². The number of methoxy groups -OCH3 is 1. The van der Waals surface area contributed by atoms with E-state index in [0.717, 1.165) is 22.7 Å². The Morgan fingerprint density at radius 2 is 1.96 bits per heavy atom. The number of hydrogen-bond donors (Lipinski definition) is 1. The van der Waals surface area contributed by atoms with Crippen LogP contribution in [0.2, 0.25) is 0 Å². The molecule has 1 aliphatic heterocycles. The molecule has 0 aliphatic carbocycles. The van der Waals surface area contributed by atoms with E-state index in [2.05, 4.69) is 42.6 Å². The fraction of sp³-hybridized carbons (Fsp3) is 0.400. The number of benzene rings is 2. The molecule has 1 N–H and O–H groups in total. The van der Waals surface area contributed by atoms with E-state index >= 15 is 0 Å². The fourth-order valence-corrected chi connectivity index (χ4v) is 3.03. The van der Waals surface area contributed by atoms with Crippen molar-refractivity contribution in [3.8, 4) is 11.5 Å². The summed E-state index contributed by atoms with van der Waals surface area (Å²) in [5.41, 5.74) is 3.42. The number of hydrogen-bond acceptors (Lipinski definition) is 4. The van der Waals surface area contributed by atoms with Gasteiger partial charge < -0.3 is 19.5 Å². The van der Waals surface area contributed by atoms with Crippen molar-refractivity contribution in [2.45, 2.75) is 39.0 Å². The molecule has 128 valence electrons. The highest BCUT2D eigenvalue weighted by molar-refractivity contribution is 5.54. The highest BCUT2D eigenvalue weighted by Crippen LogP contribution is 2.46. The van der Waals surface area contributed by atoms with E-state index < -0.39 is 5.79 Å². The average Bonchev–Trinajstić information content (AvgIpc) is 2.58. The number of ether oxygens (including phenoxy) is 3. The number of nitrogens with one attached hydrogen (secondary N) is 1. The average molecular weight is 327 g/mol. The van der Waals surface area contributed by atoms with Crippen LogP contribution in [0.25, 0.3) is 0 Å². The molecule has 0 saturated heterocycles. The molecule has 1 heterocycles. The van der Waals surface area contributed by atoms with Crippen LogP contribution in [0.15, 0.2) is 42.5 Å². The van der Waals surface area contributed by atoms with Crippen LogP contribution in [0.1, 0.15) is 37.4 Å². The summed E-state index contributed by atoms with van der Waals surface area (Å²) >= 11 is 0. The third-order valence-electron chi connectivity index (χ3n) is 4.40. The molecule has 24 heavy (non-hydrogen) atoms. The molecule has 2 aromatic rings. The summed E-state index contributed by atoms with van der Waals surface area (Å²) in [6, 6.07) is 14.5. The minimum atomic E-state index is -0.692. The van der Waals surface area contributed by atoms with Crippen molar-refractivity contribution in [1.29, 1.82) is 0 Å². The second kappa shape index (κ2) is 6.73. The van der Waals surface area contributed by atoms with Crippen LogP contribution in [0.3, 0.4) is 0 Å². The highest BCUT2D eigenvalue weighted by Gasteiger charge is 2.39. The zero-order valence-electron chi connectivity index (χ0n) is 14.8. The van der Waals surface area contributed by atoms with Gasteiger partial charge in [0, 0.05) is 31.7 Å². The first-order chi connectivity index (χ1) is 11.5. The molecular weight excluding hydrogens is 302 g/mol. The SMILES string of the molecule is CCOc1cccc2c1O[C@@](C)(OC)C[C@H]2Nc1ccc(C)cc1.